The summed E-state index contributed by atoms with van der Waals surface area (Å²) in [6, 6.07) is 5.49. The Labute approximate surface area is 128 Å². The molecule has 0 atom stereocenters. The van der Waals surface area contributed by atoms with Crippen LogP contribution in [0, 0.1) is 0 Å². The van der Waals surface area contributed by atoms with Crippen molar-refractivity contribution in [1.29, 1.82) is 0 Å². The van der Waals surface area contributed by atoms with E-state index >= 15 is 0 Å². The van der Waals surface area contributed by atoms with Gasteiger partial charge in [-0.2, -0.15) is 0 Å². The van der Waals surface area contributed by atoms with E-state index in [4.69, 9.17) is 4.74 Å². The molecule has 1 fully saturated rings. The fourth-order valence-corrected chi connectivity index (χ4v) is 2.93. The van der Waals surface area contributed by atoms with Crippen LogP contribution in [-0.4, -0.2) is 62.5 Å². The fraction of sp³-hybridized carbons (Fsp3) is 0.533. The van der Waals surface area contributed by atoms with Crippen molar-refractivity contribution in [2.45, 2.75) is 6.42 Å². The highest BCUT2D eigenvalue weighted by molar-refractivity contribution is 9.10. The quantitative estimate of drug-likeness (QED) is 0.787. The third-order valence-corrected chi connectivity index (χ3v) is 4.27. The minimum Gasteiger partial charge on any atom is -0.496 e. The van der Waals surface area contributed by atoms with Crippen LogP contribution in [0.2, 0.25) is 0 Å². The Hall–Kier alpha value is -0.910. The number of benzene rings is 1. The van der Waals surface area contributed by atoms with Gasteiger partial charge < -0.3 is 9.64 Å². The molecule has 0 radical (unpaired) electrons. The summed E-state index contributed by atoms with van der Waals surface area (Å²) in [7, 11) is 3.75. The number of ketones is 1. The predicted octanol–water partition coefficient (Wildman–Crippen LogP) is 2.28. The lowest BCUT2D eigenvalue weighted by Gasteiger charge is -2.19. The van der Waals surface area contributed by atoms with Gasteiger partial charge in [0.15, 0.2) is 5.78 Å². The molecule has 2 rings (SSSR count). The standard InChI is InChI=1S/C15H21BrN2O2/c1-17-6-3-7-18(9-8-17)11-14(19)12-4-5-15(20-2)13(16)10-12/h4-5,10H,3,6-9,11H2,1-2H3. The van der Waals surface area contributed by atoms with E-state index in [2.05, 4.69) is 32.8 Å². The van der Waals surface area contributed by atoms with Gasteiger partial charge in [0.05, 0.1) is 18.1 Å². The van der Waals surface area contributed by atoms with Crippen LogP contribution in [0.25, 0.3) is 0 Å². The number of hydrogen-bond acceptors (Lipinski definition) is 4. The van der Waals surface area contributed by atoms with Crippen LogP contribution in [0.1, 0.15) is 16.8 Å². The van der Waals surface area contributed by atoms with Gasteiger partial charge in [0.1, 0.15) is 5.75 Å². The van der Waals surface area contributed by atoms with E-state index in [1.807, 2.05) is 18.2 Å². The Balaban J connectivity index is 1.99. The molecule has 4 nitrogen and oxygen atoms in total. The molecule has 0 bridgehead atoms. The van der Waals surface area contributed by atoms with E-state index in [0.29, 0.717) is 6.54 Å². The molecule has 1 heterocycles. The number of carbonyl (C=O) groups is 1. The lowest BCUT2D eigenvalue weighted by molar-refractivity contribution is 0.0933. The maximum Gasteiger partial charge on any atom is 0.176 e. The van der Waals surface area contributed by atoms with Crippen LogP contribution in [0.4, 0.5) is 0 Å². The van der Waals surface area contributed by atoms with Crippen molar-refractivity contribution in [2.24, 2.45) is 0 Å². The van der Waals surface area contributed by atoms with Gasteiger partial charge in [-0.3, -0.25) is 9.69 Å². The molecule has 5 heteroatoms. The second kappa shape index (κ2) is 7.20. The summed E-state index contributed by atoms with van der Waals surface area (Å²) in [6.45, 7) is 4.58. The molecule has 1 aliphatic rings. The third-order valence-electron chi connectivity index (χ3n) is 3.65. The number of ether oxygens (including phenoxy) is 1. The average Bonchev–Trinajstić information content (AvgIpc) is 2.63. The second-order valence-electron chi connectivity index (χ2n) is 5.21. The summed E-state index contributed by atoms with van der Waals surface area (Å²) in [6.07, 6.45) is 1.12. The van der Waals surface area contributed by atoms with Crippen LogP contribution < -0.4 is 4.74 Å². The highest BCUT2D eigenvalue weighted by atomic mass is 79.9. The zero-order chi connectivity index (χ0) is 14.5. The first-order chi connectivity index (χ1) is 9.60. The molecule has 110 valence electrons. The first-order valence-corrected chi connectivity index (χ1v) is 7.67. The molecule has 1 aliphatic heterocycles. The number of rotatable bonds is 4. The Bertz CT molecular complexity index is 479. The zero-order valence-electron chi connectivity index (χ0n) is 12.1. The predicted molar refractivity (Wildman–Crippen MR) is 83.6 cm³/mol. The Morgan fingerprint density at radius 2 is 2.10 bits per heavy atom. The third kappa shape index (κ3) is 4.04. The van der Waals surface area contributed by atoms with Crippen molar-refractivity contribution in [3.63, 3.8) is 0 Å². The summed E-state index contributed by atoms with van der Waals surface area (Å²) in [5, 5.41) is 0. The van der Waals surface area contributed by atoms with Gasteiger partial charge in [0, 0.05) is 18.7 Å². The first-order valence-electron chi connectivity index (χ1n) is 6.88. The highest BCUT2D eigenvalue weighted by Crippen LogP contribution is 2.25. The van der Waals surface area contributed by atoms with E-state index in [0.717, 1.165) is 48.4 Å². The highest BCUT2D eigenvalue weighted by Gasteiger charge is 2.16. The van der Waals surface area contributed by atoms with Crippen molar-refractivity contribution in [1.82, 2.24) is 9.80 Å². The molecular weight excluding hydrogens is 320 g/mol. The summed E-state index contributed by atoms with van der Waals surface area (Å²) >= 11 is 3.42. The Kier molecular flexibility index (Phi) is 5.57. The normalized spacial score (nSPS) is 17.8. The summed E-state index contributed by atoms with van der Waals surface area (Å²) in [5.41, 5.74) is 0.732. The Morgan fingerprint density at radius 3 is 2.80 bits per heavy atom. The van der Waals surface area contributed by atoms with Gasteiger partial charge in [-0.1, -0.05) is 0 Å². The van der Waals surface area contributed by atoms with Crippen LogP contribution >= 0.6 is 15.9 Å². The minimum atomic E-state index is 0.165. The molecular formula is C15H21BrN2O2. The number of nitrogens with zero attached hydrogens (tertiary/aromatic N) is 2. The second-order valence-corrected chi connectivity index (χ2v) is 6.06. The molecule has 0 aromatic heterocycles. The monoisotopic (exact) mass is 340 g/mol. The van der Waals surface area contributed by atoms with Gasteiger partial charge in [-0.05, 0) is 60.7 Å². The maximum atomic E-state index is 12.3. The summed E-state index contributed by atoms with van der Waals surface area (Å²) < 4.78 is 6.00. The molecule has 0 amide bonds. The topological polar surface area (TPSA) is 32.8 Å². The van der Waals surface area contributed by atoms with Crippen molar-refractivity contribution in [2.75, 3.05) is 46.9 Å². The van der Waals surface area contributed by atoms with Crippen molar-refractivity contribution in [3.05, 3.63) is 28.2 Å². The van der Waals surface area contributed by atoms with Crippen LogP contribution in [0.15, 0.2) is 22.7 Å². The molecule has 0 unspecified atom stereocenters. The van der Waals surface area contributed by atoms with E-state index in [1.165, 1.54) is 0 Å². The zero-order valence-corrected chi connectivity index (χ0v) is 13.6. The fourth-order valence-electron chi connectivity index (χ4n) is 2.39. The van der Waals surface area contributed by atoms with Gasteiger partial charge in [0.25, 0.3) is 0 Å². The van der Waals surface area contributed by atoms with E-state index < -0.39 is 0 Å². The van der Waals surface area contributed by atoms with Crippen molar-refractivity contribution < 1.29 is 9.53 Å². The van der Waals surface area contributed by atoms with Crippen molar-refractivity contribution in [3.8, 4) is 5.75 Å². The van der Waals surface area contributed by atoms with E-state index in [-0.39, 0.29) is 5.78 Å². The molecule has 0 N–H and O–H groups in total. The van der Waals surface area contributed by atoms with Crippen LogP contribution in [0.3, 0.4) is 0 Å². The van der Waals surface area contributed by atoms with Gasteiger partial charge >= 0.3 is 0 Å². The SMILES string of the molecule is COc1ccc(C(=O)CN2CCCN(C)CC2)cc1Br. The van der Waals surface area contributed by atoms with Crippen LogP contribution in [0.5, 0.6) is 5.75 Å². The number of likely N-dealkylation sites (N-methyl/N-ethyl adjacent to an activating group) is 1. The first kappa shape index (κ1) is 15.5. The van der Waals surface area contributed by atoms with Crippen molar-refractivity contribution >= 4 is 21.7 Å². The van der Waals surface area contributed by atoms with Crippen LogP contribution in [-0.2, 0) is 0 Å². The molecule has 1 aromatic rings. The molecule has 0 spiro atoms. The lowest BCUT2D eigenvalue weighted by Crippen LogP contribution is -2.33. The smallest absolute Gasteiger partial charge is 0.176 e. The van der Waals surface area contributed by atoms with Gasteiger partial charge in [-0.25, -0.2) is 0 Å². The average molecular weight is 341 g/mol. The minimum absolute atomic E-state index is 0.165. The number of halogens is 1. The molecule has 0 saturated carbocycles. The number of hydrogen-bond donors (Lipinski definition) is 0. The summed E-state index contributed by atoms with van der Waals surface area (Å²) in [4.78, 5) is 16.9. The molecule has 20 heavy (non-hydrogen) atoms. The summed E-state index contributed by atoms with van der Waals surface area (Å²) in [5.74, 6) is 0.913. The number of carbonyl (C=O) groups excluding carboxylic acids is 1. The largest absolute Gasteiger partial charge is 0.496 e. The number of methoxy groups -OCH3 is 1. The number of Topliss-reactive ketones (excluding diaryl/α,β-unsaturated/α-hetero) is 1. The maximum absolute atomic E-state index is 12.3. The van der Waals surface area contributed by atoms with Gasteiger partial charge in [0.2, 0.25) is 0 Å². The molecule has 0 aliphatic carbocycles. The van der Waals surface area contributed by atoms with Gasteiger partial charge in [-0.15, -0.1) is 0 Å². The Morgan fingerprint density at radius 1 is 1.30 bits per heavy atom. The molecule has 1 saturated heterocycles. The molecule has 1 aromatic carbocycles. The van der Waals surface area contributed by atoms with E-state index in [9.17, 15) is 4.79 Å². The van der Waals surface area contributed by atoms with E-state index in [1.54, 1.807) is 7.11 Å². The lowest BCUT2D eigenvalue weighted by atomic mass is 10.1.